The summed E-state index contributed by atoms with van der Waals surface area (Å²) in [6.45, 7) is 6.31. The Morgan fingerprint density at radius 2 is 1.75 bits per heavy atom. The normalized spacial score (nSPS) is 17.9. The highest BCUT2D eigenvalue weighted by Gasteiger charge is 2.53. The van der Waals surface area contributed by atoms with Crippen molar-refractivity contribution in [3.63, 3.8) is 0 Å². The molecule has 0 aliphatic heterocycles. The first kappa shape index (κ1) is 13.4. The molecule has 1 saturated carbocycles. The van der Waals surface area contributed by atoms with Crippen LogP contribution in [0.3, 0.4) is 0 Å². The van der Waals surface area contributed by atoms with Gasteiger partial charge in [0.15, 0.2) is 0 Å². The van der Waals surface area contributed by atoms with Gasteiger partial charge in [0.1, 0.15) is 0 Å². The van der Waals surface area contributed by atoms with E-state index in [0.29, 0.717) is 4.99 Å². The first-order chi connectivity index (χ1) is 7.46. The van der Waals surface area contributed by atoms with E-state index in [1.807, 2.05) is 0 Å². The second-order valence-electron chi connectivity index (χ2n) is 4.74. The van der Waals surface area contributed by atoms with Crippen LogP contribution in [0.5, 0.6) is 0 Å². The molecule has 0 bridgehead atoms. The average Bonchev–Trinajstić information content (AvgIpc) is 3.07. The quantitative estimate of drug-likeness (QED) is 0.702. The van der Waals surface area contributed by atoms with Crippen molar-refractivity contribution in [1.29, 1.82) is 0 Å². The molecule has 0 radical (unpaired) electrons. The summed E-state index contributed by atoms with van der Waals surface area (Å²) in [5, 5.41) is 3.16. The van der Waals surface area contributed by atoms with Crippen LogP contribution in [0.1, 0.15) is 52.9 Å². The van der Waals surface area contributed by atoms with E-state index in [0.717, 1.165) is 32.1 Å². The number of thiocarbonyl (C=S) groups is 1. The van der Waals surface area contributed by atoms with Gasteiger partial charge in [0.2, 0.25) is 5.91 Å². The van der Waals surface area contributed by atoms with Gasteiger partial charge in [-0.15, -0.1) is 0 Å². The van der Waals surface area contributed by atoms with Crippen molar-refractivity contribution in [2.45, 2.75) is 58.4 Å². The molecular weight excluding hydrogens is 220 g/mol. The van der Waals surface area contributed by atoms with Gasteiger partial charge in [-0.1, -0.05) is 33.0 Å². The van der Waals surface area contributed by atoms with Crippen molar-refractivity contribution in [2.24, 2.45) is 11.1 Å². The fraction of sp³-hybridized carbons (Fsp3) is 0.833. The number of nitrogens with one attached hydrogen (secondary N) is 1. The molecule has 1 aliphatic carbocycles. The van der Waals surface area contributed by atoms with Crippen LogP contribution in [0.4, 0.5) is 0 Å². The van der Waals surface area contributed by atoms with Crippen LogP contribution in [0, 0.1) is 5.41 Å². The van der Waals surface area contributed by atoms with E-state index < -0.39 is 5.41 Å². The summed E-state index contributed by atoms with van der Waals surface area (Å²) in [6, 6.07) is 0. The number of hydrogen-bond acceptors (Lipinski definition) is 2. The molecular formula is C12H22N2OS. The fourth-order valence-corrected chi connectivity index (χ4v) is 2.38. The van der Waals surface area contributed by atoms with Crippen LogP contribution in [0.25, 0.3) is 0 Å². The molecule has 16 heavy (non-hydrogen) atoms. The number of nitrogens with two attached hydrogens (primary N) is 1. The van der Waals surface area contributed by atoms with Gasteiger partial charge in [0.05, 0.1) is 10.4 Å². The Bertz CT molecular complexity index is 285. The second kappa shape index (κ2) is 4.70. The minimum atomic E-state index is -0.528. The summed E-state index contributed by atoms with van der Waals surface area (Å²) in [5.41, 5.74) is 5.03. The van der Waals surface area contributed by atoms with Crippen molar-refractivity contribution >= 4 is 23.1 Å². The van der Waals surface area contributed by atoms with Gasteiger partial charge >= 0.3 is 0 Å². The minimum absolute atomic E-state index is 0.0329. The van der Waals surface area contributed by atoms with Crippen LogP contribution < -0.4 is 11.1 Å². The summed E-state index contributed by atoms with van der Waals surface area (Å²) in [6.07, 6.45) is 4.44. The monoisotopic (exact) mass is 242 g/mol. The molecule has 0 heterocycles. The van der Waals surface area contributed by atoms with Gasteiger partial charge in [0.25, 0.3) is 0 Å². The van der Waals surface area contributed by atoms with E-state index in [1.165, 1.54) is 0 Å². The first-order valence-electron chi connectivity index (χ1n) is 6.09. The molecule has 0 unspecified atom stereocenters. The third kappa shape index (κ3) is 2.21. The lowest BCUT2D eigenvalue weighted by Crippen LogP contribution is -2.52. The third-order valence-corrected chi connectivity index (χ3v) is 4.46. The van der Waals surface area contributed by atoms with Crippen molar-refractivity contribution in [1.82, 2.24) is 5.32 Å². The molecule has 1 rings (SSSR count). The Morgan fingerprint density at radius 3 is 2.00 bits per heavy atom. The maximum atomic E-state index is 12.2. The van der Waals surface area contributed by atoms with Gasteiger partial charge in [-0.25, -0.2) is 0 Å². The highest BCUT2D eigenvalue weighted by atomic mass is 32.1. The van der Waals surface area contributed by atoms with E-state index in [-0.39, 0.29) is 11.4 Å². The maximum absolute atomic E-state index is 12.2. The Morgan fingerprint density at radius 1 is 1.31 bits per heavy atom. The summed E-state index contributed by atoms with van der Waals surface area (Å²) in [4.78, 5) is 12.5. The Labute approximate surface area is 103 Å². The molecule has 92 valence electrons. The van der Waals surface area contributed by atoms with Crippen LogP contribution in [0.15, 0.2) is 0 Å². The van der Waals surface area contributed by atoms with Crippen molar-refractivity contribution in [3.05, 3.63) is 0 Å². The molecule has 0 atom stereocenters. The fourth-order valence-electron chi connectivity index (χ4n) is 2.09. The molecule has 1 aliphatic rings. The van der Waals surface area contributed by atoms with E-state index >= 15 is 0 Å². The third-order valence-electron chi connectivity index (χ3n) is 4.07. The summed E-state index contributed by atoms with van der Waals surface area (Å²) in [5.74, 6) is 0.0329. The zero-order valence-electron chi connectivity index (χ0n) is 10.4. The number of amides is 1. The molecule has 0 spiro atoms. The van der Waals surface area contributed by atoms with Crippen molar-refractivity contribution in [3.8, 4) is 0 Å². The SMILES string of the molecule is CCC(CC)(CC)NC(=O)C1(C(N)=S)CC1. The zero-order chi connectivity index (χ0) is 12.4. The van der Waals surface area contributed by atoms with E-state index in [1.54, 1.807) is 0 Å². The average molecular weight is 242 g/mol. The molecule has 1 fully saturated rings. The Balaban J connectivity index is 2.73. The van der Waals surface area contributed by atoms with Crippen LogP contribution in [0.2, 0.25) is 0 Å². The van der Waals surface area contributed by atoms with E-state index in [9.17, 15) is 4.79 Å². The Kier molecular flexibility index (Phi) is 3.94. The van der Waals surface area contributed by atoms with E-state index in [4.69, 9.17) is 18.0 Å². The molecule has 1 amide bonds. The predicted octanol–water partition coefficient (Wildman–Crippen LogP) is 2.14. The predicted molar refractivity (Wildman–Crippen MR) is 70.2 cm³/mol. The van der Waals surface area contributed by atoms with E-state index in [2.05, 4.69) is 26.1 Å². The van der Waals surface area contributed by atoms with Crippen LogP contribution in [-0.4, -0.2) is 16.4 Å². The molecule has 4 heteroatoms. The molecule has 0 aromatic carbocycles. The number of rotatable bonds is 6. The smallest absolute Gasteiger partial charge is 0.233 e. The van der Waals surface area contributed by atoms with Crippen molar-refractivity contribution < 1.29 is 4.79 Å². The lowest BCUT2D eigenvalue weighted by Gasteiger charge is -2.33. The summed E-state index contributed by atoms with van der Waals surface area (Å²) in [7, 11) is 0. The first-order valence-corrected chi connectivity index (χ1v) is 6.49. The standard InChI is InChI=1S/C12H22N2OS/c1-4-11(5-2,6-3)14-10(15)12(7-8-12)9(13)16/h4-8H2,1-3H3,(H2,13,16)(H,14,15). The highest BCUT2D eigenvalue weighted by Crippen LogP contribution is 2.46. The summed E-state index contributed by atoms with van der Waals surface area (Å²) >= 11 is 4.99. The van der Waals surface area contributed by atoms with Gasteiger partial charge < -0.3 is 11.1 Å². The van der Waals surface area contributed by atoms with Gasteiger partial charge in [-0.05, 0) is 32.1 Å². The molecule has 0 aromatic rings. The lowest BCUT2D eigenvalue weighted by atomic mass is 9.88. The molecule has 0 saturated heterocycles. The minimum Gasteiger partial charge on any atom is -0.392 e. The second-order valence-corrected chi connectivity index (χ2v) is 5.18. The lowest BCUT2D eigenvalue weighted by molar-refractivity contribution is -0.126. The maximum Gasteiger partial charge on any atom is 0.233 e. The van der Waals surface area contributed by atoms with Crippen LogP contribution in [-0.2, 0) is 4.79 Å². The Hall–Kier alpha value is -0.640. The molecule has 3 N–H and O–H groups in total. The zero-order valence-corrected chi connectivity index (χ0v) is 11.2. The number of carbonyl (C=O) groups excluding carboxylic acids is 1. The molecule has 3 nitrogen and oxygen atoms in total. The van der Waals surface area contributed by atoms with Gasteiger partial charge in [0, 0.05) is 5.54 Å². The van der Waals surface area contributed by atoms with Crippen LogP contribution >= 0.6 is 12.2 Å². The number of carbonyl (C=O) groups is 1. The summed E-state index contributed by atoms with van der Waals surface area (Å²) < 4.78 is 0. The van der Waals surface area contributed by atoms with Crippen molar-refractivity contribution in [2.75, 3.05) is 0 Å². The van der Waals surface area contributed by atoms with Gasteiger partial charge in [-0.3, -0.25) is 4.79 Å². The number of hydrogen-bond donors (Lipinski definition) is 2. The van der Waals surface area contributed by atoms with Gasteiger partial charge in [-0.2, -0.15) is 0 Å². The molecule has 0 aromatic heterocycles. The topological polar surface area (TPSA) is 55.1 Å². The largest absolute Gasteiger partial charge is 0.392 e. The highest BCUT2D eigenvalue weighted by molar-refractivity contribution is 7.80.